The Bertz CT molecular complexity index is 1580. The molecule has 5 atom stereocenters. The molecule has 0 amide bonds. The van der Waals surface area contributed by atoms with Gasteiger partial charge in [0.05, 0.1) is 18.6 Å². The number of benzene rings is 4. The molecule has 2 bridgehead atoms. The predicted octanol–water partition coefficient (Wildman–Crippen LogP) is 7.19. The molecule has 0 aliphatic carbocycles. The highest BCUT2D eigenvalue weighted by Gasteiger charge is 2.54. The number of hydrogen-bond donors (Lipinski definition) is 1. The van der Waals surface area contributed by atoms with Crippen molar-refractivity contribution in [1.29, 1.82) is 0 Å². The fourth-order valence-corrected chi connectivity index (χ4v) is 7.56. The third-order valence-electron chi connectivity index (χ3n) is 9.40. The van der Waals surface area contributed by atoms with E-state index >= 15 is 0 Å². The van der Waals surface area contributed by atoms with Crippen LogP contribution in [-0.2, 0) is 6.54 Å². The number of hydrogen-bond acceptors (Lipinski definition) is 2. The van der Waals surface area contributed by atoms with Gasteiger partial charge in [0.2, 0.25) is 0 Å². The molecule has 3 unspecified atom stereocenters. The molecule has 8 rings (SSSR count). The number of aliphatic hydroxyl groups is 1. The van der Waals surface area contributed by atoms with E-state index in [9.17, 15) is 5.11 Å². The fourth-order valence-electron chi connectivity index (χ4n) is 7.56. The van der Waals surface area contributed by atoms with Gasteiger partial charge in [-0.3, -0.25) is 4.98 Å². The Kier molecular flexibility index (Phi) is 5.38. The summed E-state index contributed by atoms with van der Waals surface area (Å²) in [6.07, 6.45) is 5.72. The quantitative estimate of drug-likeness (QED) is 0.162. The number of aliphatic hydroxyl groups excluding tert-OH is 1. The average Bonchev–Trinajstić information content (AvgIpc) is 2.96. The van der Waals surface area contributed by atoms with Crippen LogP contribution in [0.25, 0.3) is 32.4 Å². The topological polar surface area (TPSA) is 33.1 Å². The Balaban J connectivity index is 1.39. The van der Waals surface area contributed by atoms with Crippen molar-refractivity contribution in [2.75, 3.05) is 13.1 Å². The lowest BCUT2D eigenvalue weighted by Crippen LogP contribution is -2.67. The number of piperidine rings is 3. The molecule has 0 radical (unpaired) electrons. The van der Waals surface area contributed by atoms with Crippen molar-refractivity contribution >= 4 is 32.4 Å². The van der Waals surface area contributed by atoms with E-state index in [-0.39, 0.29) is 6.04 Å². The first-order valence-corrected chi connectivity index (χ1v) is 13.6. The molecule has 0 saturated carbocycles. The van der Waals surface area contributed by atoms with E-state index in [0.29, 0.717) is 11.8 Å². The van der Waals surface area contributed by atoms with Crippen LogP contribution in [0.15, 0.2) is 104 Å². The zero-order valence-electron chi connectivity index (χ0n) is 21.1. The standard InChI is InChI=1S/C34H33N2O/c1-2-23-21-36(22-31-27-11-5-3-9-25(27)19-26-10-4-6-12-28(26)31)18-16-24(23)20-33(36)34(37)30-15-17-35-32-14-8-7-13-29(30)32/h2-15,17,19,23-24,33-34,37H,1,16,18,20-22H2/q+1/t23?,24?,33?,34-,36-/m1/s1. The molecule has 4 heterocycles. The lowest BCUT2D eigenvalue weighted by molar-refractivity contribution is -0.984. The van der Waals surface area contributed by atoms with E-state index in [0.717, 1.165) is 47.0 Å². The second-order valence-corrected chi connectivity index (χ2v) is 11.2. The van der Waals surface area contributed by atoms with Crippen LogP contribution in [0.3, 0.4) is 0 Å². The Labute approximate surface area is 218 Å². The lowest BCUT2D eigenvalue weighted by Gasteiger charge is -2.58. The van der Waals surface area contributed by atoms with Gasteiger partial charge >= 0.3 is 0 Å². The first-order chi connectivity index (χ1) is 18.2. The zero-order valence-corrected chi connectivity index (χ0v) is 21.1. The molecule has 37 heavy (non-hydrogen) atoms. The molecule has 3 saturated heterocycles. The normalized spacial score (nSPS) is 26.0. The fraction of sp³-hybridized carbons (Fsp3) is 0.265. The number of aromatic nitrogens is 1. The number of fused-ring (bicyclic) bond motifs is 6. The van der Waals surface area contributed by atoms with Crippen molar-refractivity contribution < 1.29 is 9.59 Å². The highest BCUT2D eigenvalue weighted by Crippen LogP contribution is 2.49. The van der Waals surface area contributed by atoms with E-state index in [1.807, 2.05) is 30.5 Å². The zero-order chi connectivity index (χ0) is 25.0. The first-order valence-electron chi connectivity index (χ1n) is 13.6. The van der Waals surface area contributed by atoms with Crippen molar-refractivity contribution in [2.24, 2.45) is 11.8 Å². The van der Waals surface area contributed by atoms with Gasteiger partial charge < -0.3 is 9.59 Å². The molecule has 3 aliphatic heterocycles. The van der Waals surface area contributed by atoms with Gasteiger partial charge in [-0.05, 0) is 51.2 Å². The van der Waals surface area contributed by atoms with Gasteiger partial charge in [0.25, 0.3) is 0 Å². The van der Waals surface area contributed by atoms with Gasteiger partial charge in [0.15, 0.2) is 0 Å². The van der Waals surface area contributed by atoms with Crippen LogP contribution in [0.2, 0.25) is 0 Å². The molecular formula is C34H33N2O+. The van der Waals surface area contributed by atoms with Crippen LogP contribution in [0.1, 0.15) is 30.1 Å². The highest BCUT2D eigenvalue weighted by molar-refractivity contribution is 6.02. The van der Waals surface area contributed by atoms with Crippen molar-refractivity contribution in [3.63, 3.8) is 0 Å². The maximum absolute atomic E-state index is 12.1. The lowest BCUT2D eigenvalue weighted by atomic mass is 9.71. The van der Waals surface area contributed by atoms with Crippen molar-refractivity contribution in [3.8, 4) is 0 Å². The van der Waals surface area contributed by atoms with E-state index in [2.05, 4.69) is 78.3 Å². The van der Waals surface area contributed by atoms with E-state index < -0.39 is 6.10 Å². The smallest absolute Gasteiger partial charge is 0.131 e. The third-order valence-corrected chi connectivity index (χ3v) is 9.40. The van der Waals surface area contributed by atoms with Crippen LogP contribution in [-0.4, -0.2) is 33.7 Å². The van der Waals surface area contributed by atoms with Gasteiger partial charge in [-0.15, -0.1) is 6.58 Å². The number of nitrogens with zero attached hydrogens (tertiary/aromatic N) is 2. The molecule has 3 heteroatoms. The monoisotopic (exact) mass is 485 g/mol. The largest absolute Gasteiger partial charge is 0.382 e. The maximum atomic E-state index is 12.1. The molecule has 5 aromatic rings. The second-order valence-electron chi connectivity index (χ2n) is 11.2. The Morgan fingerprint density at radius 2 is 1.59 bits per heavy atom. The van der Waals surface area contributed by atoms with E-state index in [1.165, 1.54) is 33.5 Å². The van der Waals surface area contributed by atoms with Crippen LogP contribution in [0.5, 0.6) is 0 Å². The summed E-state index contributed by atoms with van der Waals surface area (Å²) in [5.74, 6) is 1.09. The molecule has 1 N–H and O–H groups in total. The summed E-state index contributed by atoms with van der Waals surface area (Å²) >= 11 is 0. The van der Waals surface area contributed by atoms with Crippen molar-refractivity contribution in [1.82, 2.24) is 4.98 Å². The van der Waals surface area contributed by atoms with Crippen LogP contribution in [0, 0.1) is 11.8 Å². The van der Waals surface area contributed by atoms with Crippen LogP contribution >= 0.6 is 0 Å². The van der Waals surface area contributed by atoms with Crippen LogP contribution < -0.4 is 0 Å². The summed E-state index contributed by atoms with van der Waals surface area (Å²) in [7, 11) is 0. The van der Waals surface area contributed by atoms with Gasteiger partial charge in [0, 0.05) is 35.9 Å². The summed E-state index contributed by atoms with van der Waals surface area (Å²) in [5.41, 5.74) is 3.37. The summed E-state index contributed by atoms with van der Waals surface area (Å²) in [6, 6.07) is 30.3. The third kappa shape index (κ3) is 3.60. The van der Waals surface area contributed by atoms with Gasteiger partial charge in [0.1, 0.15) is 18.7 Å². The number of quaternary nitrogens is 1. The summed E-state index contributed by atoms with van der Waals surface area (Å²) in [4.78, 5) is 4.57. The molecular weight excluding hydrogens is 452 g/mol. The molecule has 3 aliphatic rings. The van der Waals surface area contributed by atoms with Crippen LogP contribution in [0.4, 0.5) is 0 Å². The van der Waals surface area contributed by atoms with Gasteiger partial charge in [-0.2, -0.15) is 0 Å². The highest BCUT2D eigenvalue weighted by atomic mass is 16.3. The molecule has 1 aromatic heterocycles. The second kappa shape index (κ2) is 8.79. The molecule has 4 aromatic carbocycles. The minimum absolute atomic E-state index is 0.137. The molecule has 3 fully saturated rings. The van der Waals surface area contributed by atoms with Gasteiger partial charge in [-0.1, -0.05) is 72.8 Å². The summed E-state index contributed by atoms with van der Waals surface area (Å²) in [6.45, 7) is 7.28. The first kappa shape index (κ1) is 22.7. The molecule has 0 spiro atoms. The minimum Gasteiger partial charge on any atom is -0.382 e. The number of rotatable bonds is 5. The summed E-state index contributed by atoms with van der Waals surface area (Å²) < 4.78 is 0.906. The SMILES string of the molecule is C=CC1C[N@@+]2(Cc3c4ccccc4cc4ccccc34)CCC1CC2[C@H](O)c1ccnc2ccccc12. The molecule has 3 nitrogen and oxygen atoms in total. The van der Waals surface area contributed by atoms with E-state index in [1.54, 1.807) is 0 Å². The average molecular weight is 486 g/mol. The Morgan fingerprint density at radius 1 is 0.919 bits per heavy atom. The Morgan fingerprint density at radius 3 is 2.32 bits per heavy atom. The minimum atomic E-state index is -0.539. The number of pyridine rings is 1. The van der Waals surface area contributed by atoms with Crippen molar-refractivity contribution in [3.05, 3.63) is 115 Å². The number of para-hydroxylation sites is 1. The van der Waals surface area contributed by atoms with E-state index in [4.69, 9.17) is 0 Å². The van der Waals surface area contributed by atoms with Gasteiger partial charge in [-0.25, -0.2) is 0 Å². The van der Waals surface area contributed by atoms with Crippen molar-refractivity contribution in [2.45, 2.75) is 31.5 Å². The maximum Gasteiger partial charge on any atom is 0.131 e. The predicted molar refractivity (Wildman–Crippen MR) is 152 cm³/mol. The Hall–Kier alpha value is -3.53. The summed E-state index contributed by atoms with van der Waals surface area (Å²) in [5, 5.41) is 18.4. The molecule has 184 valence electrons.